The lowest BCUT2D eigenvalue weighted by Gasteiger charge is -2.01. The van der Waals surface area contributed by atoms with E-state index in [9.17, 15) is 4.79 Å². The zero-order valence-electron chi connectivity index (χ0n) is 6.53. The van der Waals surface area contributed by atoms with E-state index in [1.165, 1.54) is 6.20 Å². The molecule has 1 N–H and O–H groups in total. The van der Waals surface area contributed by atoms with Crippen molar-refractivity contribution >= 4 is 24.7 Å². The topological polar surface area (TPSA) is 42.0 Å². The van der Waals surface area contributed by atoms with E-state index in [-0.39, 0.29) is 0 Å². The molecular formula is C8H10N2OS. The number of aldehydes is 1. The van der Waals surface area contributed by atoms with Crippen molar-refractivity contribution in [3.63, 3.8) is 0 Å². The van der Waals surface area contributed by atoms with Crippen molar-refractivity contribution in [2.24, 2.45) is 0 Å². The number of anilines is 1. The van der Waals surface area contributed by atoms with Crippen molar-refractivity contribution in [1.29, 1.82) is 0 Å². The third kappa shape index (κ3) is 2.54. The molecule has 0 aliphatic carbocycles. The first-order valence-corrected chi connectivity index (χ1v) is 4.26. The molecule has 0 saturated heterocycles. The van der Waals surface area contributed by atoms with E-state index >= 15 is 0 Å². The molecule has 0 aromatic carbocycles. The number of carbonyl (C=O) groups excluding carboxylic acids is 1. The van der Waals surface area contributed by atoms with Gasteiger partial charge in [0.05, 0.1) is 0 Å². The van der Waals surface area contributed by atoms with Gasteiger partial charge in [0, 0.05) is 24.1 Å². The number of hydrogen-bond acceptors (Lipinski definition) is 4. The molecule has 1 aromatic heterocycles. The van der Waals surface area contributed by atoms with Crippen LogP contribution in [0.2, 0.25) is 0 Å². The molecule has 0 atom stereocenters. The second-order valence-electron chi connectivity index (χ2n) is 2.25. The first kappa shape index (κ1) is 9.06. The van der Waals surface area contributed by atoms with Crippen LogP contribution in [-0.4, -0.2) is 23.6 Å². The van der Waals surface area contributed by atoms with Crippen LogP contribution in [0.3, 0.4) is 0 Å². The molecule has 0 amide bonds. The van der Waals surface area contributed by atoms with Crippen LogP contribution in [0.5, 0.6) is 0 Å². The second kappa shape index (κ2) is 4.77. The SMILES string of the molecule is O=Cc1ccc(NCCS)nc1. The number of nitrogens with zero attached hydrogens (tertiary/aromatic N) is 1. The summed E-state index contributed by atoms with van der Waals surface area (Å²) < 4.78 is 0. The summed E-state index contributed by atoms with van der Waals surface area (Å²) in [5, 5.41) is 3.04. The molecule has 0 spiro atoms. The Labute approximate surface area is 76.6 Å². The lowest BCUT2D eigenvalue weighted by atomic mass is 10.3. The zero-order chi connectivity index (χ0) is 8.81. The van der Waals surface area contributed by atoms with Crippen LogP contribution in [0.15, 0.2) is 18.3 Å². The Morgan fingerprint density at radius 2 is 2.42 bits per heavy atom. The molecule has 12 heavy (non-hydrogen) atoms. The lowest BCUT2D eigenvalue weighted by Crippen LogP contribution is -2.03. The molecule has 0 radical (unpaired) electrons. The number of pyridine rings is 1. The van der Waals surface area contributed by atoms with E-state index in [2.05, 4.69) is 22.9 Å². The highest BCUT2D eigenvalue weighted by atomic mass is 32.1. The quantitative estimate of drug-likeness (QED) is 0.543. The number of carbonyl (C=O) groups is 1. The standard InChI is InChI=1S/C8H10N2OS/c11-6-7-1-2-8(10-5-7)9-3-4-12/h1-2,5-6,12H,3-4H2,(H,9,10). The highest BCUT2D eigenvalue weighted by Gasteiger charge is 1.92. The molecule has 0 bridgehead atoms. The fourth-order valence-electron chi connectivity index (χ4n) is 0.764. The molecule has 1 aromatic rings. The van der Waals surface area contributed by atoms with Crippen LogP contribution >= 0.6 is 12.6 Å². The van der Waals surface area contributed by atoms with Gasteiger partial charge in [0.15, 0.2) is 6.29 Å². The summed E-state index contributed by atoms with van der Waals surface area (Å²) in [6, 6.07) is 3.49. The monoisotopic (exact) mass is 182 g/mol. The Morgan fingerprint density at radius 3 is 2.92 bits per heavy atom. The number of aromatic nitrogens is 1. The summed E-state index contributed by atoms with van der Waals surface area (Å²) in [4.78, 5) is 14.3. The number of thiol groups is 1. The summed E-state index contributed by atoms with van der Waals surface area (Å²) in [7, 11) is 0. The Morgan fingerprint density at radius 1 is 1.58 bits per heavy atom. The Balaban J connectivity index is 2.58. The third-order valence-corrected chi connectivity index (χ3v) is 1.56. The minimum Gasteiger partial charge on any atom is -0.369 e. The molecule has 0 fully saturated rings. The Hall–Kier alpha value is -1.03. The second-order valence-corrected chi connectivity index (χ2v) is 2.69. The zero-order valence-corrected chi connectivity index (χ0v) is 7.42. The van der Waals surface area contributed by atoms with Crippen molar-refractivity contribution in [3.05, 3.63) is 23.9 Å². The van der Waals surface area contributed by atoms with E-state index < -0.39 is 0 Å². The lowest BCUT2D eigenvalue weighted by molar-refractivity contribution is 0.112. The van der Waals surface area contributed by atoms with Crippen LogP contribution in [0, 0.1) is 0 Å². The number of hydrogen-bond donors (Lipinski definition) is 2. The summed E-state index contributed by atoms with van der Waals surface area (Å²) in [5.41, 5.74) is 0.589. The first-order valence-electron chi connectivity index (χ1n) is 3.63. The summed E-state index contributed by atoms with van der Waals surface area (Å²) in [5.74, 6) is 1.53. The molecular weight excluding hydrogens is 172 g/mol. The van der Waals surface area contributed by atoms with Crippen LogP contribution in [0.4, 0.5) is 5.82 Å². The molecule has 0 unspecified atom stereocenters. The maximum Gasteiger partial charge on any atom is 0.151 e. The average Bonchev–Trinajstić information content (AvgIpc) is 2.15. The van der Waals surface area contributed by atoms with Crippen LogP contribution < -0.4 is 5.32 Å². The predicted octanol–water partition coefficient (Wildman–Crippen LogP) is 1.24. The molecule has 64 valence electrons. The van der Waals surface area contributed by atoms with E-state index in [0.29, 0.717) is 5.56 Å². The van der Waals surface area contributed by atoms with Gasteiger partial charge in [0.2, 0.25) is 0 Å². The van der Waals surface area contributed by atoms with Crippen molar-refractivity contribution in [2.45, 2.75) is 0 Å². The summed E-state index contributed by atoms with van der Waals surface area (Å²) in [6.45, 7) is 0.774. The van der Waals surface area contributed by atoms with Gasteiger partial charge in [-0.2, -0.15) is 12.6 Å². The van der Waals surface area contributed by atoms with Gasteiger partial charge in [-0.15, -0.1) is 0 Å². The van der Waals surface area contributed by atoms with Gasteiger partial charge in [-0.25, -0.2) is 4.98 Å². The van der Waals surface area contributed by atoms with Crippen molar-refractivity contribution in [2.75, 3.05) is 17.6 Å². The van der Waals surface area contributed by atoms with Gasteiger partial charge < -0.3 is 5.32 Å². The minimum absolute atomic E-state index is 0.589. The number of rotatable bonds is 4. The maximum absolute atomic E-state index is 10.3. The molecule has 1 rings (SSSR count). The van der Waals surface area contributed by atoms with E-state index in [0.717, 1.165) is 24.4 Å². The van der Waals surface area contributed by atoms with Gasteiger partial charge in [0.25, 0.3) is 0 Å². The fourth-order valence-corrected chi connectivity index (χ4v) is 0.875. The smallest absolute Gasteiger partial charge is 0.151 e. The van der Waals surface area contributed by atoms with E-state index in [1.807, 2.05) is 0 Å². The molecule has 4 heteroatoms. The summed E-state index contributed by atoms with van der Waals surface area (Å²) in [6.07, 6.45) is 2.31. The van der Waals surface area contributed by atoms with Gasteiger partial charge >= 0.3 is 0 Å². The van der Waals surface area contributed by atoms with E-state index in [1.54, 1.807) is 12.1 Å². The minimum atomic E-state index is 0.589. The Bertz CT molecular complexity index is 248. The van der Waals surface area contributed by atoms with Crippen LogP contribution in [0.25, 0.3) is 0 Å². The van der Waals surface area contributed by atoms with Gasteiger partial charge in [-0.3, -0.25) is 4.79 Å². The normalized spacial score (nSPS) is 9.42. The third-order valence-electron chi connectivity index (χ3n) is 1.34. The van der Waals surface area contributed by atoms with Gasteiger partial charge in [-0.05, 0) is 12.1 Å². The van der Waals surface area contributed by atoms with Crippen molar-refractivity contribution in [1.82, 2.24) is 4.98 Å². The van der Waals surface area contributed by atoms with Gasteiger partial charge in [-0.1, -0.05) is 0 Å². The molecule has 0 aliphatic heterocycles. The highest BCUT2D eigenvalue weighted by Crippen LogP contribution is 2.02. The fraction of sp³-hybridized carbons (Fsp3) is 0.250. The molecule has 1 heterocycles. The first-order chi connectivity index (χ1) is 5.86. The average molecular weight is 182 g/mol. The van der Waals surface area contributed by atoms with Crippen molar-refractivity contribution < 1.29 is 4.79 Å². The van der Waals surface area contributed by atoms with E-state index in [4.69, 9.17) is 0 Å². The largest absolute Gasteiger partial charge is 0.369 e. The highest BCUT2D eigenvalue weighted by molar-refractivity contribution is 7.80. The molecule has 0 aliphatic rings. The Kier molecular flexibility index (Phi) is 3.60. The van der Waals surface area contributed by atoms with Crippen LogP contribution in [0.1, 0.15) is 10.4 Å². The summed E-state index contributed by atoms with van der Waals surface area (Å²) >= 11 is 4.04. The molecule has 3 nitrogen and oxygen atoms in total. The number of nitrogens with one attached hydrogen (secondary N) is 1. The predicted molar refractivity (Wildman–Crippen MR) is 52.0 cm³/mol. The maximum atomic E-state index is 10.3. The molecule has 0 saturated carbocycles. The van der Waals surface area contributed by atoms with Crippen molar-refractivity contribution in [3.8, 4) is 0 Å². The van der Waals surface area contributed by atoms with Gasteiger partial charge in [0.1, 0.15) is 5.82 Å². The van der Waals surface area contributed by atoms with Crippen LogP contribution in [-0.2, 0) is 0 Å².